The molecule has 0 amide bonds. The molecular formula is C16H22N2O2. The zero-order valence-electron chi connectivity index (χ0n) is 12.4. The Labute approximate surface area is 119 Å². The highest BCUT2D eigenvalue weighted by molar-refractivity contribution is 5.83. The Hall–Kier alpha value is -1.81. The molecule has 0 bridgehead atoms. The number of nitrogens with zero attached hydrogens (tertiary/aromatic N) is 1. The minimum atomic E-state index is 0.0777. The van der Waals surface area contributed by atoms with Crippen LogP contribution in [0.15, 0.2) is 29.1 Å². The molecule has 0 unspecified atom stereocenters. The van der Waals surface area contributed by atoms with Crippen LogP contribution in [0.25, 0.3) is 10.9 Å². The second kappa shape index (κ2) is 6.57. The number of fused-ring (bicyclic) bond motifs is 1. The highest BCUT2D eigenvalue weighted by Crippen LogP contribution is 2.18. The maximum absolute atomic E-state index is 12.1. The lowest BCUT2D eigenvalue weighted by molar-refractivity contribution is 0.122. The van der Waals surface area contributed by atoms with Gasteiger partial charge in [0.05, 0.1) is 18.7 Å². The molecule has 1 N–H and O–H groups in total. The van der Waals surface area contributed by atoms with Crippen LogP contribution in [0.1, 0.15) is 19.4 Å². The van der Waals surface area contributed by atoms with Crippen molar-refractivity contribution >= 4 is 16.7 Å². The third-order valence-corrected chi connectivity index (χ3v) is 3.41. The molecule has 1 fully saturated rings. The molecule has 0 radical (unpaired) electrons. The molecule has 2 aromatic rings. The van der Waals surface area contributed by atoms with Crippen LogP contribution in [-0.2, 0) is 4.74 Å². The molecule has 1 saturated heterocycles. The van der Waals surface area contributed by atoms with Crippen molar-refractivity contribution in [2.24, 2.45) is 0 Å². The van der Waals surface area contributed by atoms with E-state index >= 15 is 0 Å². The van der Waals surface area contributed by atoms with Gasteiger partial charge in [-0.1, -0.05) is 26.0 Å². The lowest BCUT2D eigenvalue weighted by Crippen LogP contribution is -2.37. The van der Waals surface area contributed by atoms with Gasteiger partial charge in [0, 0.05) is 24.5 Å². The Morgan fingerprint density at radius 3 is 2.60 bits per heavy atom. The van der Waals surface area contributed by atoms with Crippen LogP contribution in [0.4, 0.5) is 5.82 Å². The fourth-order valence-electron chi connectivity index (χ4n) is 2.38. The average molecular weight is 274 g/mol. The highest BCUT2D eigenvalue weighted by atomic mass is 16.5. The highest BCUT2D eigenvalue weighted by Gasteiger charge is 2.13. The van der Waals surface area contributed by atoms with Gasteiger partial charge in [-0.25, -0.2) is 0 Å². The van der Waals surface area contributed by atoms with Crippen molar-refractivity contribution in [3.8, 4) is 0 Å². The smallest absolute Gasteiger partial charge is 0.191 e. The number of morpholine rings is 1. The largest absolute Gasteiger partial charge is 0.378 e. The quantitative estimate of drug-likeness (QED) is 0.869. The zero-order valence-corrected chi connectivity index (χ0v) is 12.4. The van der Waals surface area contributed by atoms with Crippen LogP contribution < -0.4 is 10.3 Å². The molecule has 0 spiro atoms. The van der Waals surface area contributed by atoms with Gasteiger partial charge in [-0.15, -0.1) is 0 Å². The average Bonchev–Trinajstić information content (AvgIpc) is 2.51. The number of hydrogen-bond acceptors (Lipinski definition) is 3. The van der Waals surface area contributed by atoms with Crippen molar-refractivity contribution in [2.45, 2.75) is 20.8 Å². The number of H-pyrrole nitrogens is 1. The van der Waals surface area contributed by atoms with Crippen LogP contribution in [0, 0.1) is 6.92 Å². The van der Waals surface area contributed by atoms with Gasteiger partial charge in [-0.2, -0.15) is 0 Å². The van der Waals surface area contributed by atoms with E-state index in [1.165, 1.54) is 0 Å². The third-order valence-electron chi connectivity index (χ3n) is 3.41. The number of aryl methyl sites for hydroxylation is 1. The van der Waals surface area contributed by atoms with E-state index in [2.05, 4.69) is 9.88 Å². The van der Waals surface area contributed by atoms with E-state index < -0.39 is 0 Å². The van der Waals surface area contributed by atoms with Crippen molar-refractivity contribution < 1.29 is 4.74 Å². The molecule has 1 aliphatic heterocycles. The number of hydrogen-bond donors (Lipinski definition) is 1. The fourth-order valence-corrected chi connectivity index (χ4v) is 2.38. The van der Waals surface area contributed by atoms with Crippen LogP contribution in [0.2, 0.25) is 0 Å². The Kier molecular flexibility index (Phi) is 4.79. The summed E-state index contributed by atoms with van der Waals surface area (Å²) < 4.78 is 5.33. The van der Waals surface area contributed by atoms with E-state index in [4.69, 9.17) is 4.74 Å². The summed E-state index contributed by atoms with van der Waals surface area (Å²) in [6.07, 6.45) is 0. The Morgan fingerprint density at radius 2 is 1.90 bits per heavy atom. The first kappa shape index (κ1) is 14.6. The summed E-state index contributed by atoms with van der Waals surface area (Å²) in [5, 5.41) is 0.756. The maximum Gasteiger partial charge on any atom is 0.191 e. The molecule has 4 heteroatoms. The van der Waals surface area contributed by atoms with Crippen molar-refractivity contribution in [2.75, 3.05) is 31.2 Å². The van der Waals surface area contributed by atoms with Gasteiger partial charge >= 0.3 is 0 Å². The lowest BCUT2D eigenvalue weighted by atomic mass is 10.1. The fraction of sp³-hybridized carbons (Fsp3) is 0.438. The van der Waals surface area contributed by atoms with E-state index in [-0.39, 0.29) is 5.43 Å². The first-order valence-corrected chi connectivity index (χ1v) is 7.21. The molecule has 1 aromatic carbocycles. The number of benzene rings is 1. The molecule has 0 atom stereocenters. The van der Waals surface area contributed by atoms with E-state index in [0.29, 0.717) is 13.2 Å². The number of anilines is 1. The molecule has 20 heavy (non-hydrogen) atoms. The van der Waals surface area contributed by atoms with Gasteiger partial charge in [0.15, 0.2) is 5.43 Å². The van der Waals surface area contributed by atoms with Gasteiger partial charge in [-0.05, 0) is 18.6 Å². The molecule has 1 aromatic heterocycles. The first-order chi connectivity index (χ1) is 9.75. The van der Waals surface area contributed by atoms with Crippen molar-refractivity contribution in [3.05, 3.63) is 40.1 Å². The number of aromatic amines is 1. The van der Waals surface area contributed by atoms with Gasteiger partial charge in [-0.3, -0.25) is 4.79 Å². The summed E-state index contributed by atoms with van der Waals surface area (Å²) in [7, 11) is 0. The molecule has 4 nitrogen and oxygen atoms in total. The molecule has 0 saturated carbocycles. The number of aromatic nitrogens is 1. The minimum Gasteiger partial charge on any atom is -0.378 e. The summed E-state index contributed by atoms with van der Waals surface area (Å²) in [6.45, 7) is 9.10. The number of ether oxygens (including phenoxy) is 1. The van der Waals surface area contributed by atoms with Gasteiger partial charge in [0.1, 0.15) is 5.82 Å². The second-order valence-electron chi connectivity index (χ2n) is 4.62. The SMILES string of the molecule is CC.Cc1cccc2c(=O)cc(N3CCOCC3)[nH]c12. The number of pyridine rings is 1. The molecule has 3 rings (SSSR count). The van der Waals surface area contributed by atoms with Crippen LogP contribution >= 0.6 is 0 Å². The maximum atomic E-state index is 12.1. The van der Waals surface area contributed by atoms with Crippen LogP contribution in [-0.4, -0.2) is 31.3 Å². The summed E-state index contributed by atoms with van der Waals surface area (Å²) in [5.41, 5.74) is 2.11. The number of nitrogens with one attached hydrogen (secondary N) is 1. The Morgan fingerprint density at radius 1 is 1.20 bits per heavy atom. The summed E-state index contributed by atoms with van der Waals surface area (Å²) >= 11 is 0. The Balaban J connectivity index is 0.000000704. The second-order valence-corrected chi connectivity index (χ2v) is 4.62. The predicted octanol–water partition coefficient (Wildman–Crippen LogP) is 2.70. The lowest BCUT2D eigenvalue weighted by Gasteiger charge is -2.28. The molecule has 0 aliphatic carbocycles. The zero-order chi connectivity index (χ0) is 14.5. The molecule has 1 aliphatic rings. The van der Waals surface area contributed by atoms with E-state index in [1.807, 2.05) is 39.0 Å². The van der Waals surface area contributed by atoms with Crippen molar-refractivity contribution in [1.82, 2.24) is 4.98 Å². The van der Waals surface area contributed by atoms with Crippen LogP contribution in [0.5, 0.6) is 0 Å². The molecule has 2 heterocycles. The van der Waals surface area contributed by atoms with Gasteiger partial charge in [0.2, 0.25) is 0 Å². The summed E-state index contributed by atoms with van der Waals surface area (Å²) in [5.74, 6) is 0.894. The molecular weight excluding hydrogens is 252 g/mol. The predicted molar refractivity (Wildman–Crippen MR) is 83.7 cm³/mol. The van der Waals surface area contributed by atoms with Crippen LogP contribution in [0.3, 0.4) is 0 Å². The van der Waals surface area contributed by atoms with Crippen molar-refractivity contribution in [3.63, 3.8) is 0 Å². The number of rotatable bonds is 1. The van der Waals surface area contributed by atoms with Gasteiger partial charge < -0.3 is 14.6 Å². The van der Waals surface area contributed by atoms with Crippen molar-refractivity contribution in [1.29, 1.82) is 0 Å². The summed E-state index contributed by atoms with van der Waals surface area (Å²) in [6, 6.07) is 7.49. The normalized spacial score (nSPS) is 14.8. The monoisotopic (exact) mass is 274 g/mol. The minimum absolute atomic E-state index is 0.0777. The van der Waals surface area contributed by atoms with E-state index in [0.717, 1.165) is 35.4 Å². The number of para-hydroxylation sites is 1. The summed E-state index contributed by atoms with van der Waals surface area (Å²) in [4.78, 5) is 17.7. The Bertz CT molecular complexity index is 628. The molecule has 108 valence electrons. The van der Waals surface area contributed by atoms with E-state index in [1.54, 1.807) is 6.07 Å². The van der Waals surface area contributed by atoms with Gasteiger partial charge in [0.25, 0.3) is 0 Å². The standard InChI is InChI=1S/C14H16N2O2.C2H6/c1-10-3-2-4-11-12(17)9-13(15-14(10)11)16-5-7-18-8-6-16;1-2/h2-4,9H,5-8H2,1H3,(H,15,17);1-2H3. The first-order valence-electron chi connectivity index (χ1n) is 7.21. The van der Waals surface area contributed by atoms with E-state index in [9.17, 15) is 4.79 Å². The third kappa shape index (κ3) is 2.85. The topological polar surface area (TPSA) is 45.3 Å².